The van der Waals surface area contributed by atoms with Crippen molar-refractivity contribution in [1.82, 2.24) is 9.88 Å². The van der Waals surface area contributed by atoms with Crippen LogP contribution in [0.2, 0.25) is 0 Å². The van der Waals surface area contributed by atoms with Crippen molar-refractivity contribution >= 4 is 28.3 Å². The summed E-state index contributed by atoms with van der Waals surface area (Å²) >= 11 is 1.32. The van der Waals surface area contributed by atoms with E-state index in [1.807, 2.05) is 6.92 Å². The van der Waals surface area contributed by atoms with Gasteiger partial charge < -0.3 is 15.1 Å². The molecule has 1 saturated carbocycles. The van der Waals surface area contributed by atoms with Gasteiger partial charge in [-0.3, -0.25) is 14.9 Å². The molecule has 1 aromatic heterocycles. The molecule has 5 atom stereocenters. The van der Waals surface area contributed by atoms with Gasteiger partial charge in [0.05, 0.1) is 24.9 Å². The number of hydrogen-bond donors (Lipinski definition) is 3. The summed E-state index contributed by atoms with van der Waals surface area (Å²) in [7, 11) is 1.67. The van der Waals surface area contributed by atoms with Crippen molar-refractivity contribution < 1.29 is 24.2 Å². The molecule has 9 heteroatoms. The average Bonchev–Trinajstić information content (AvgIpc) is 3.25. The van der Waals surface area contributed by atoms with E-state index >= 15 is 0 Å². The van der Waals surface area contributed by atoms with Gasteiger partial charge in [0, 0.05) is 35.2 Å². The highest BCUT2D eigenvalue weighted by molar-refractivity contribution is 7.15. The topological polar surface area (TPSA) is 103 Å². The highest BCUT2D eigenvalue weighted by atomic mass is 32.1. The van der Waals surface area contributed by atoms with E-state index in [-0.39, 0.29) is 42.9 Å². The standard InChI is InChI=1S/C27H32FN3O4S/c1-5-11-31(4)22(34)13-18-23-19(14-20-26(18,2)10-9-21(33)27(20,3)15-32)36-25(29-23)30-24(35)16-7-6-8-17(28)12-16/h1,6-8,12,18,20-21,32-33H,9-11,13-15H2,2-4H3,(H,29,30,35). The molecule has 2 amide bonds. The van der Waals surface area contributed by atoms with Gasteiger partial charge in [-0.15, -0.1) is 17.8 Å². The molecule has 2 aromatic rings. The first-order valence-corrected chi connectivity index (χ1v) is 12.9. The van der Waals surface area contributed by atoms with Gasteiger partial charge in [0.2, 0.25) is 5.91 Å². The molecule has 1 fully saturated rings. The Morgan fingerprint density at radius 2 is 2.14 bits per heavy atom. The number of halogens is 1. The van der Waals surface area contributed by atoms with Crippen LogP contribution in [0.5, 0.6) is 0 Å². The molecule has 1 heterocycles. The first-order chi connectivity index (χ1) is 17.0. The summed E-state index contributed by atoms with van der Waals surface area (Å²) in [6.07, 6.45) is 6.68. The third-order valence-corrected chi connectivity index (χ3v) is 9.34. The number of aromatic nitrogens is 1. The Balaban J connectivity index is 1.72. The minimum absolute atomic E-state index is 0.103. The summed E-state index contributed by atoms with van der Waals surface area (Å²) in [6.45, 7) is 4.03. The summed E-state index contributed by atoms with van der Waals surface area (Å²) in [4.78, 5) is 33.1. The maximum absolute atomic E-state index is 13.6. The molecule has 36 heavy (non-hydrogen) atoms. The molecule has 0 radical (unpaired) electrons. The minimum Gasteiger partial charge on any atom is -0.396 e. The second kappa shape index (κ2) is 9.92. The zero-order valence-corrected chi connectivity index (χ0v) is 21.6. The molecule has 5 unspecified atom stereocenters. The number of aliphatic hydroxyl groups is 2. The van der Waals surface area contributed by atoms with Crippen LogP contribution in [0.1, 0.15) is 60.0 Å². The number of thiazole rings is 1. The number of terminal acetylenes is 1. The Hall–Kier alpha value is -2.80. The van der Waals surface area contributed by atoms with Crippen molar-refractivity contribution in [2.45, 2.75) is 51.6 Å². The predicted octanol–water partition coefficient (Wildman–Crippen LogP) is 3.43. The molecule has 0 aliphatic heterocycles. The Kier molecular flexibility index (Phi) is 7.24. The third-order valence-electron chi connectivity index (χ3n) is 8.33. The van der Waals surface area contributed by atoms with E-state index in [4.69, 9.17) is 11.4 Å². The highest BCUT2D eigenvalue weighted by Gasteiger charge is 2.59. The van der Waals surface area contributed by atoms with Crippen LogP contribution in [0.3, 0.4) is 0 Å². The molecule has 2 aliphatic rings. The van der Waals surface area contributed by atoms with E-state index in [1.165, 1.54) is 34.4 Å². The van der Waals surface area contributed by atoms with Crippen molar-refractivity contribution in [3.8, 4) is 12.3 Å². The molecule has 0 bridgehead atoms. The second-order valence-corrected chi connectivity index (χ2v) is 11.6. The Labute approximate surface area is 214 Å². The highest BCUT2D eigenvalue weighted by Crippen LogP contribution is 2.62. The molecule has 4 rings (SSSR count). The lowest BCUT2D eigenvalue weighted by atomic mass is 9.47. The molecule has 192 valence electrons. The van der Waals surface area contributed by atoms with E-state index in [9.17, 15) is 24.2 Å². The van der Waals surface area contributed by atoms with Crippen molar-refractivity contribution in [3.05, 3.63) is 46.2 Å². The van der Waals surface area contributed by atoms with Crippen LogP contribution < -0.4 is 5.32 Å². The number of amides is 2. The normalized spacial score (nSPS) is 29.0. The smallest absolute Gasteiger partial charge is 0.257 e. The summed E-state index contributed by atoms with van der Waals surface area (Å²) in [6, 6.07) is 5.43. The summed E-state index contributed by atoms with van der Waals surface area (Å²) in [5, 5.41) is 24.4. The lowest BCUT2D eigenvalue weighted by Gasteiger charge is -2.58. The first kappa shape index (κ1) is 26.3. The van der Waals surface area contributed by atoms with E-state index in [0.717, 1.165) is 16.6 Å². The Morgan fingerprint density at radius 3 is 2.81 bits per heavy atom. The van der Waals surface area contributed by atoms with Crippen LogP contribution in [0.15, 0.2) is 24.3 Å². The summed E-state index contributed by atoms with van der Waals surface area (Å²) in [5.74, 6) is 1.02. The average molecular weight is 514 g/mol. The van der Waals surface area contributed by atoms with Gasteiger partial charge in [-0.05, 0) is 48.8 Å². The molecule has 7 nitrogen and oxygen atoms in total. The Bertz CT molecular complexity index is 1210. The van der Waals surface area contributed by atoms with E-state index in [1.54, 1.807) is 7.05 Å². The molecule has 0 spiro atoms. The molecule has 3 N–H and O–H groups in total. The number of nitrogens with zero attached hydrogens (tertiary/aromatic N) is 2. The molecular weight excluding hydrogens is 481 g/mol. The number of fused-ring (bicyclic) bond motifs is 2. The number of nitrogens with one attached hydrogen (secondary N) is 1. The molecular formula is C27H32FN3O4S. The largest absolute Gasteiger partial charge is 0.396 e. The Morgan fingerprint density at radius 1 is 1.39 bits per heavy atom. The number of aliphatic hydroxyl groups excluding tert-OH is 2. The van der Waals surface area contributed by atoms with Crippen LogP contribution >= 0.6 is 11.3 Å². The van der Waals surface area contributed by atoms with Crippen molar-refractivity contribution in [1.29, 1.82) is 0 Å². The molecule has 2 aliphatic carbocycles. The molecule has 0 saturated heterocycles. The van der Waals surface area contributed by atoms with Crippen LogP contribution in [0.4, 0.5) is 9.52 Å². The lowest BCUT2D eigenvalue weighted by molar-refractivity contribution is -0.146. The maximum atomic E-state index is 13.6. The first-order valence-electron chi connectivity index (χ1n) is 12.1. The van der Waals surface area contributed by atoms with Gasteiger partial charge in [-0.2, -0.15) is 0 Å². The summed E-state index contributed by atoms with van der Waals surface area (Å²) < 4.78 is 13.6. The third kappa shape index (κ3) is 4.54. The van der Waals surface area contributed by atoms with Crippen molar-refractivity contribution in [2.75, 3.05) is 25.5 Å². The SMILES string of the molecule is C#CCN(C)C(=O)CC1c2nc(NC(=O)c3cccc(F)c3)sc2CC2C(C)(CO)C(O)CCC12C. The summed E-state index contributed by atoms with van der Waals surface area (Å²) in [5.41, 5.74) is -0.213. The van der Waals surface area contributed by atoms with Gasteiger partial charge in [0.25, 0.3) is 5.91 Å². The van der Waals surface area contributed by atoms with Crippen LogP contribution in [0.25, 0.3) is 0 Å². The van der Waals surface area contributed by atoms with E-state index < -0.39 is 28.7 Å². The number of hydrogen-bond acceptors (Lipinski definition) is 6. The fourth-order valence-electron chi connectivity index (χ4n) is 6.05. The predicted molar refractivity (Wildman–Crippen MR) is 136 cm³/mol. The van der Waals surface area contributed by atoms with Crippen LogP contribution in [-0.2, 0) is 11.2 Å². The van der Waals surface area contributed by atoms with E-state index in [0.29, 0.717) is 24.4 Å². The van der Waals surface area contributed by atoms with Crippen LogP contribution in [0, 0.1) is 34.9 Å². The lowest BCUT2D eigenvalue weighted by Crippen LogP contribution is -2.57. The number of carbonyl (C=O) groups is 2. The van der Waals surface area contributed by atoms with Crippen molar-refractivity contribution in [2.24, 2.45) is 16.7 Å². The van der Waals surface area contributed by atoms with Gasteiger partial charge in [0.1, 0.15) is 5.82 Å². The fourth-order valence-corrected chi connectivity index (χ4v) is 7.12. The monoisotopic (exact) mass is 513 g/mol. The number of anilines is 1. The molecule has 1 aromatic carbocycles. The number of benzene rings is 1. The quantitative estimate of drug-likeness (QED) is 0.514. The zero-order valence-electron chi connectivity index (χ0n) is 20.8. The van der Waals surface area contributed by atoms with Crippen molar-refractivity contribution in [3.63, 3.8) is 0 Å². The maximum Gasteiger partial charge on any atom is 0.257 e. The van der Waals surface area contributed by atoms with Gasteiger partial charge >= 0.3 is 0 Å². The second-order valence-electron chi connectivity index (χ2n) is 10.5. The van der Waals surface area contributed by atoms with Gasteiger partial charge in [0.15, 0.2) is 5.13 Å². The van der Waals surface area contributed by atoms with Crippen LogP contribution in [-0.4, -0.2) is 58.2 Å². The fraction of sp³-hybridized carbons (Fsp3) is 0.519. The minimum atomic E-state index is -0.744. The van der Waals surface area contributed by atoms with Gasteiger partial charge in [-0.1, -0.05) is 25.8 Å². The zero-order chi connectivity index (χ0) is 26.3. The number of rotatable bonds is 6. The van der Waals surface area contributed by atoms with E-state index in [2.05, 4.69) is 18.2 Å². The number of carbonyl (C=O) groups excluding carboxylic acids is 2. The van der Waals surface area contributed by atoms with Gasteiger partial charge in [-0.25, -0.2) is 9.37 Å².